The molecule has 0 bridgehead atoms. The van der Waals surface area contributed by atoms with Crippen LogP contribution in [0.25, 0.3) is 0 Å². The zero-order chi connectivity index (χ0) is 10.7. The van der Waals surface area contributed by atoms with Crippen LogP contribution in [0.2, 0.25) is 0 Å². The van der Waals surface area contributed by atoms with E-state index in [0.29, 0.717) is 0 Å². The van der Waals surface area contributed by atoms with Crippen LogP contribution in [-0.4, -0.2) is 6.21 Å². The summed E-state index contributed by atoms with van der Waals surface area (Å²) in [5.41, 5.74) is 1.10. The second-order valence-corrected chi connectivity index (χ2v) is 5.31. The van der Waals surface area contributed by atoms with Crippen LogP contribution in [-0.2, 0) is 18.6 Å². The van der Waals surface area contributed by atoms with Crippen LogP contribution in [0.3, 0.4) is 0 Å². The molecule has 0 aliphatic rings. The molecule has 0 N–H and O–H groups in total. The maximum absolute atomic E-state index is 4.24. The first kappa shape index (κ1) is 16.4. The molecule has 0 amide bonds. The topological polar surface area (TPSA) is 12.4 Å². The summed E-state index contributed by atoms with van der Waals surface area (Å²) >= 11 is 0. The van der Waals surface area contributed by atoms with E-state index in [-0.39, 0.29) is 29.4 Å². The molecule has 0 rings (SSSR count). The number of nitrogens with zero attached hydrogens (tertiary/aromatic N) is 1. The summed E-state index contributed by atoms with van der Waals surface area (Å²) in [4.78, 5) is 4.24. The molecule has 14 heavy (non-hydrogen) atoms. The average molecular weight is 230 g/mol. The van der Waals surface area contributed by atoms with Crippen LogP contribution in [0.15, 0.2) is 10.7 Å². The molecule has 0 unspecified atom stereocenters. The summed E-state index contributed by atoms with van der Waals surface area (Å²) in [5.74, 6) is 0. The van der Waals surface area contributed by atoms with Crippen molar-refractivity contribution in [2.24, 2.45) is 15.8 Å². The van der Waals surface area contributed by atoms with Gasteiger partial charge in [-0.2, -0.15) is 11.6 Å². The number of rotatable bonds is 1. The Balaban J connectivity index is 0. The van der Waals surface area contributed by atoms with Crippen molar-refractivity contribution in [3.63, 3.8) is 0 Å². The Labute approximate surface area is 101 Å². The molecule has 1 radical (unpaired) electrons. The van der Waals surface area contributed by atoms with E-state index in [2.05, 4.69) is 58.8 Å². The van der Waals surface area contributed by atoms with E-state index >= 15 is 0 Å². The van der Waals surface area contributed by atoms with E-state index in [1.807, 2.05) is 6.92 Å². The summed E-state index contributed by atoms with van der Waals surface area (Å²) in [5, 5.41) is 0. The SMILES string of the molecule is C[C-]=NC(=[C-]C(C)(C)C)C(C)(C)C.[V+2]. The first-order chi connectivity index (χ1) is 5.67. The Morgan fingerprint density at radius 3 is 1.64 bits per heavy atom. The van der Waals surface area contributed by atoms with Crippen LogP contribution in [0.1, 0.15) is 48.5 Å². The summed E-state index contributed by atoms with van der Waals surface area (Å²) in [6.45, 7) is 14.6. The van der Waals surface area contributed by atoms with Gasteiger partial charge in [0.2, 0.25) is 0 Å². The van der Waals surface area contributed by atoms with Crippen LogP contribution >= 0.6 is 0 Å². The molecule has 0 atom stereocenters. The fourth-order valence-electron chi connectivity index (χ4n) is 0.850. The van der Waals surface area contributed by atoms with Gasteiger partial charge in [-0.15, -0.1) is 6.92 Å². The zero-order valence-corrected chi connectivity index (χ0v) is 11.8. The van der Waals surface area contributed by atoms with E-state index in [1.54, 1.807) is 0 Å². The molecule has 0 saturated carbocycles. The van der Waals surface area contributed by atoms with Gasteiger partial charge in [-0.05, 0) is 0 Å². The predicted octanol–water partition coefficient (Wildman–Crippen LogP) is 3.73. The molecule has 0 heterocycles. The van der Waals surface area contributed by atoms with Crippen LogP contribution < -0.4 is 0 Å². The molecular formula is C12H21NV. The van der Waals surface area contributed by atoms with E-state index in [0.717, 1.165) is 5.70 Å². The first-order valence-corrected chi connectivity index (χ1v) is 4.70. The van der Waals surface area contributed by atoms with Crippen molar-refractivity contribution in [2.75, 3.05) is 0 Å². The number of hydrogen-bond acceptors (Lipinski definition) is 1. The van der Waals surface area contributed by atoms with Gasteiger partial charge in [0.1, 0.15) is 0 Å². The number of hydrogen-bond donors (Lipinski definition) is 0. The van der Waals surface area contributed by atoms with Crippen molar-refractivity contribution in [1.29, 1.82) is 0 Å². The van der Waals surface area contributed by atoms with Gasteiger partial charge in [0.15, 0.2) is 0 Å². The molecule has 1 nitrogen and oxygen atoms in total. The summed E-state index contributed by atoms with van der Waals surface area (Å²) in [6, 6.07) is 0. The van der Waals surface area contributed by atoms with Gasteiger partial charge >= 0.3 is 18.6 Å². The molecule has 2 heteroatoms. The maximum Gasteiger partial charge on any atom is 2.00 e. The molecule has 0 aromatic heterocycles. The number of allylic oxidation sites excluding steroid dienone is 2. The summed E-state index contributed by atoms with van der Waals surface area (Å²) in [6.07, 6.45) is 6.21. The second kappa shape index (κ2) is 5.77. The Morgan fingerprint density at radius 1 is 1.00 bits per heavy atom. The van der Waals surface area contributed by atoms with E-state index in [1.165, 1.54) is 0 Å². The molecule has 0 aliphatic carbocycles. The van der Waals surface area contributed by atoms with Gasteiger partial charge < -0.3 is 11.1 Å². The van der Waals surface area contributed by atoms with Crippen molar-refractivity contribution in [1.82, 2.24) is 0 Å². The fourth-order valence-corrected chi connectivity index (χ4v) is 0.850. The molecule has 0 aromatic rings. The van der Waals surface area contributed by atoms with Crippen molar-refractivity contribution in [2.45, 2.75) is 48.5 Å². The van der Waals surface area contributed by atoms with Gasteiger partial charge in [0.25, 0.3) is 0 Å². The smallest absolute Gasteiger partial charge is 0.574 e. The molecule has 0 saturated heterocycles. The maximum atomic E-state index is 4.24. The van der Waals surface area contributed by atoms with E-state index in [4.69, 9.17) is 0 Å². The molecule has 0 aliphatic heterocycles. The Bertz CT molecular complexity index is 213. The fraction of sp³-hybridized carbons (Fsp3) is 0.750. The van der Waals surface area contributed by atoms with Gasteiger partial charge in [-0.25, -0.2) is 0 Å². The Hall–Kier alpha value is -0.00558. The third kappa shape index (κ3) is 7.40. The van der Waals surface area contributed by atoms with Crippen LogP contribution in [0.4, 0.5) is 0 Å². The quantitative estimate of drug-likeness (QED) is 0.480. The summed E-state index contributed by atoms with van der Waals surface area (Å²) < 4.78 is 0. The zero-order valence-electron chi connectivity index (χ0n) is 10.4. The van der Waals surface area contributed by atoms with Gasteiger partial charge in [-0.3, -0.25) is 5.70 Å². The minimum Gasteiger partial charge on any atom is -0.574 e. The minimum absolute atomic E-state index is 0. The monoisotopic (exact) mass is 230 g/mol. The third-order valence-corrected chi connectivity index (χ3v) is 1.43. The van der Waals surface area contributed by atoms with Gasteiger partial charge in [-0.1, -0.05) is 47.0 Å². The van der Waals surface area contributed by atoms with Crippen molar-refractivity contribution < 1.29 is 18.6 Å². The first-order valence-electron chi connectivity index (χ1n) is 4.70. The molecular weight excluding hydrogens is 209 g/mol. The van der Waals surface area contributed by atoms with Crippen molar-refractivity contribution >= 4 is 6.21 Å². The van der Waals surface area contributed by atoms with Crippen molar-refractivity contribution in [3.05, 3.63) is 11.8 Å². The number of aliphatic imine (C=N–C) groups is 1. The molecule has 0 spiro atoms. The predicted molar refractivity (Wildman–Crippen MR) is 58.8 cm³/mol. The van der Waals surface area contributed by atoms with Crippen molar-refractivity contribution in [3.8, 4) is 0 Å². The standard InChI is InChI=1S/C12H21N.V/c1-8-13-10(12(5,6)7)9-11(2,3)4;/h1-7H3;/q-2;+2. The second-order valence-electron chi connectivity index (χ2n) is 5.31. The largest absolute Gasteiger partial charge is 2.00 e. The average Bonchev–Trinajstić information content (AvgIpc) is 1.81. The van der Waals surface area contributed by atoms with Gasteiger partial charge in [0, 0.05) is 0 Å². The Morgan fingerprint density at radius 2 is 1.43 bits per heavy atom. The van der Waals surface area contributed by atoms with Gasteiger partial charge in [0.05, 0.1) is 0 Å². The van der Waals surface area contributed by atoms with E-state index < -0.39 is 0 Å². The molecule has 0 fully saturated rings. The Kier molecular flexibility index (Phi) is 6.77. The molecule has 79 valence electrons. The van der Waals surface area contributed by atoms with Crippen LogP contribution in [0, 0.1) is 16.9 Å². The van der Waals surface area contributed by atoms with E-state index in [9.17, 15) is 0 Å². The third-order valence-electron chi connectivity index (χ3n) is 1.43. The molecule has 0 aromatic carbocycles. The van der Waals surface area contributed by atoms with Crippen LogP contribution in [0.5, 0.6) is 0 Å². The normalized spacial score (nSPS) is 14.4. The minimum atomic E-state index is 0. The summed E-state index contributed by atoms with van der Waals surface area (Å²) in [7, 11) is 0.